The lowest BCUT2D eigenvalue weighted by Gasteiger charge is -2.37. The number of fused-ring (bicyclic) bond motifs is 1. The van der Waals surface area contributed by atoms with Gasteiger partial charge in [0.25, 0.3) is 0 Å². The molecule has 2 aromatic rings. The van der Waals surface area contributed by atoms with Gasteiger partial charge in [0.15, 0.2) is 0 Å². The van der Waals surface area contributed by atoms with Crippen molar-refractivity contribution >= 4 is 0 Å². The van der Waals surface area contributed by atoms with E-state index in [0.29, 0.717) is 0 Å². The number of hydrogen-bond acceptors (Lipinski definition) is 3. The van der Waals surface area contributed by atoms with Crippen molar-refractivity contribution in [2.24, 2.45) is 5.92 Å². The Hall–Kier alpha value is -1.65. The van der Waals surface area contributed by atoms with E-state index in [0.717, 1.165) is 30.7 Å². The Morgan fingerprint density at radius 3 is 2.90 bits per heavy atom. The molecule has 2 unspecified atom stereocenters. The molecule has 3 heterocycles. The van der Waals surface area contributed by atoms with Gasteiger partial charge in [-0.1, -0.05) is 12.1 Å². The van der Waals surface area contributed by atoms with Crippen LogP contribution in [0, 0.1) is 5.92 Å². The van der Waals surface area contributed by atoms with Gasteiger partial charge < -0.3 is 5.32 Å². The first-order valence-electron chi connectivity index (χ1n) is 7.94. The molecular formula is C17H22N4. The molecule has 1 aromatic heterocycles. The van der Waals surface area contributed by atoms with Gasteiger partial charge in [-0.25, -0.2) is 4.68 Å². The van der Waals surface area contributed by atoms with E-state index < -0.39 is 0 Å². The van der Waals surface area contributed by atoms with Gasteiger partial charge >= 0.3 is 0 Å². The minimum atomic E-state index is 0.740. The topological polar surface area (TPSA) is 33.1 Å². The first-order valence-corrected chi connectivity index (χ1v) is 7.94. The molecule has 1 N–H and O–H groups in total. The molecule has 2 fully saturated rings. The van der Waals surface area contributed by atoms with Gasteiger partial charge in [-0.15, -0.1) is 0 Å². The van der Waals surface area contributed by atoms with E-state index in [1.165, 1.54) is 31.5 Å². The third-order valence-corrected chi connectivity index (χ3v) is 4.88. The van der Waals surface area contributed by atoms with E-state index in [1.54, 1.807) is 0 Å². The van der Waals surface area contributed by atoms with Crippen molar-refractivity contribution < 1.29 is 0 Å². The van der Waals surface area contributed by atoms with Gasteiger partial charge in [0.2, 0.25) is 0 Å². The number of nitrogens with zero attached hydrogens (tertiary/aromatic N) is 3. The molecule has 0 bridgehead atoms. The molecule has 2 aliphatic heterocycles. The standard InChI is InChI=1S/C17H22N4/c1-3-15-11-18-12-17(15)20(9-1)13-14-4-6-16(7-5-14)21-10-2-8-19-21/h2,4-8,10,15,17-18H,1,3,9,11-13H2. The van der Waals surface area contributed by atoms with Crippen molar-refractivity contribution in [3.05, 3.63) is 48.3 Å². The molecule has 4 nitrogen and oxygen atoms in total. The molecule has 110 valence electrons. The molecular weight excluding hydrogens is 260 g/mol. The van der Waals surface area contributed by atoms with Crippen LogP contribution >= 0.6 is 0 Å². The zero-order valence-electron chi connectivity index (χ0n) is 12.3. The Balaban J connectivity index is 1.47. The highest BCUT2D eigenvalue weighted by atomic mass is 15.3. The predicted molar refractivity (Wildman–Crippen MR) is 83.4 cm³/mol. The minimum Gasteiger partial charge on any atom is -0.315 e. The molecule has 21 heavy (non-hydrogen) atoms. The fourth-order valence-electron chi connectivity index (χ4n) is 3.77. The molecule has 4 heteroatoms. The van der Waals surface area contributed by atoms with Gasteiger partial charge in [0, 0.05) is 31.5 Å². The summed E-state index contributed by atoms with van der Waals surface area (Å²) in [5.41, 5.74) is 2.53. The predicted octanol–water partition coefficient (Wildman–Crippen LogP) is 2.06. The van der Waals surface area contributed by atoms with Crippen molar-refractivity contribution in [2.45, 2.75) is 25.4 Å². The molecule has 2 atom stereocenters. The van der Waals surface area contributed by atoms with Crippen LogP contribution in [0.15, 0.2) is 42.7 Å². The maximum atomic E-state index is 4.27. The van der Waals surface area contributed by atoms with Crippen LogP contribution in [0.2, 0.25) is 0 Å². The molecule has 0 amide bonds. The SMILES string of the molecule is c1cnn(-c2ccc(CN3CCCC4CNCC43)cc2)c1. The van der Waals surface area contributed by atoms with Crippen LogP contribution in [-0.2, 0) is 6.54 Å². The van der Waals surface area contributed by atoms with E-state index in [1.807, 2.05) is 23.1 Å². The summed E-state index contributed by atoms with van der Waals surface area (Å²) in [6.07, 6.45) is 6.53. The first kappa shape index (κ1) is 13.0. The van der Waals surface area contributed by atoms with Crippen LogP contribution < -0.4 is 5.32 Å². The van der Waals surface area contributed by atoms with Gasteiger partial charge in [-0.3, -0.25) is 4.90 Å². The highest BCUT2D eigenvalue weighted by Gasteiger charge is 2.34. The Morgan fingerprint density at radius 1 is 1.19 bits per heavy atom. The second kappa shape index (κ2) is 5.62. The lowest BCUT2D eigenvalue weighted by molar-refractivity contribution is 0.117. The van der Waals surface area contributed by atoms with Gasteiger partial charge in [0.1, 0.15) is 0 Å². The van der Waals surface area contributed by atoms with Crippen molar-refractivity contribution in [1.29, 1.82) is 0 Å². The highest BCUT2D eigenvalue weighted by molar-refractivity contribution is 5.33. The van der Waals surface area contributed by atoms with Crippen molar-refractivity contribution in [1.82, 2.24) is 20.0 Å². The number of piperidine rings is 1. The third-order valence-electron chi connectivity index (χ3n) is 4.88. The average Bonchev–Trinajstić information content (AvgIpc) is 3.20. The maximum absolute atomic E-state index is 4.27. The summed E-state index contributed by atoms with van der Waals surface area (Å²) in [5, 5.41) is 7.83. The summed E-state index contributed by atoms with van der Waals surface area (Å²) in [7, 11) is 0. The molecule has 0 saturated carbocycles. The summed E-state index contributed by atoms with van der Waals surface area (Å²) in [5.74, 6) is 0.863. The Kier molecular flexibility index (Phi) is 3.49. The second-order valence-corrected chi connectivity index (χ2v) is 6.22. The van der Waals surface area contributed by atoms with Crippen LogP contribution in [-0.4, -0.2) is 40.4 Å². The fraction of sp³-hybridized carbons (Fsp3) is 0.471. The minimum absolute atomic E-state index is 0.740. The summed E-state index contributed by atoms with van der Waals surface area (Å²) < 4.78 is 1.90. The lowest BCUT2D eigenvalue weighted by atomic mass is 9.91. The summed E-state index contributed by atoms with van der Waals surface area (Å²) >= 11 is 0. The number of rotatable bonds is 3. The quantitative estimate of drug-likeness (QED) is 0.935. The molecule has 1 aromatic carbocycles. The van der Waals surface area contributed by atoms with Crippen LogP contribution in [0.25, 0.3) is 5.69 Å². The van der Waals surface area contributed by atoms with E-state index in [4.69, 9.17) is 0 Å². The van der Waals surface area contributed by atoms with Crippen LogP contribution in [0.3, 0.4) is 0 Å². The highest BCUT2D eigenvalue weighted by Crippen LogP contribution is 2.27. The van der Waals surface area contributed by atoms with Gasteiger partial charge in [-0.2, -0.15) is 5.10 Å². The number of hydrogen-bond donors (Lipinski definition) is 1. The van der Waals surface area contributed by atoms with Crippen molar-refractivity contribution in [3.63, 3.8) is 0 Å². The molecule has 2 aliphatic rings. The van der Waals surface area contributed by atoms with Gasteiger partial charge in [-0.05, 0) is 55.6 Å². The number of benzene rings is 1. The Labute approximate surface area is 125 Å². The van der Waals surface area contributed by atoms with E-state index in [9.17, 15) is 0 Å². The third kappa shape index (κ3) is 2.61. The fourth-order valence-corrected chi connectivity index (χ4v) is 3.77. The summed E-state index contributed by atoms with van der Waals surface area (Å²) in [4.78, 5) is 2.66. The molecule has 0 radical (unpaired) electrons. The maximum Gasteiger partial charge on any atom is 0.0645 e. The van der Waals surface area contributed by atoms with E-state index >= 15 is 0 Å². The summed E-state index contributed by atoms with van der Waals surface area (Å²) in [6, 6.07) is 11.5. The van der Waals surface area contributed by atoms with Crippen LogP contribution in [0.4, 0.5) is 0 Å². The molecule has 0 spiro atoms. The number of likely N-dealkylation sites (tertiary alicyclic amines) is 1. The Morgan fingerprint density at radius 2 is 2.10 bits per heavy atom. The normalized spacial score (nSPS) is 25.9. The lowest BCUT2D eigenvalue weighted by Crippen LogP contribution is -2.44. The number of nitrogens with one attached hydrogen (secondary N) is 1. The van der Waals surface area contributed by atoms with E-state index in [-0.39, 0.29) is 0 Å². The molecule has 2 saturated heterocycles. The van der Waals surface area contributed by atoms with Crippen molar-refractivity contribution in [3.8, 4) is 5.69 Å². The summed E-state index contributed by atoms with van der Waals surface area (Å²) in [6.45, 7) is 4.68. The zero-order valence-corrected chi connectivity index (χ0v) is 12.3. The van der Waals surface area contributed by atoms with Crippen LogP contribution in [0.1, 0.15) is 18.4 Å². The molecule has 4 rings (SSSR count). The van der Waals surface area contributed by atoms with Crippen LogP contribution in [0.5, 0.6) is 0 Å². The zero-order chi connectivity index (χ0) is 14.1. The average molecular weight is 282 g/mol. The first-order chi connectivity index (χ1) is 10.4. The second-order valence-electron chi connectivity index (χ2n) is 6.22. The largest absolute Gasteiger partial charge is 0.315 e. The monoisotopic (exact) mass is 282 g/mol. The Bertz CT molecular complexity index is 575. The van der Waals surface area contributed by atoms with E-state index in [2.05, 4.69) is 39.6 Å². The smallest absolute Gasteiger partial charge is 0.0645 e. The van der Waals surface area contributed by atoms with Gasteiger partial charge in [0.05, 0.1) is 5.69 Å². The van der Waals surface area contributed by atoms with Crippen molar-refractivity contribution in [2.75, 3.05) is 19.6 Å². The number of aromatic nitrogens is 2. The molecule has 0 aliphatic carbocycles.